The molecule has 3 amide bonds. The Morgan fingerprint density at radius 3 is 2.13 bits per heavy atom. The molecule has 5 aliphatic carbocycles. The second-order valence-electron chi connectivity index (χ2n) is 10.7. The van der Waals surface area contributed by atoms with E-state index in [4.69, 9.17) is 0 Å². The number of aromatic nitrogens is 2. The van der Waals surface area contributed by atoms with Crippen LogP contribution in [-0.4, -0.2) is 39.4 Å². The van der Waals surface area contributed by atoms with E-state index in [2.05, 4.69) is 15.5 Å². The molecule has 31 heavy (non-hydrogen) atoms. The van der Waals surface area contributed by atoms with E-state index in [1.807, 2.05) is 0 Å². The number of nitrogens with zero attached hydrogens (tertiary/aromatic N) is 3. The average Bonchev–Trinajstić information content (AvgIpc) is 3.30. The molecule has 6 fully saturated rings. The molecule has 1 aromatic heterocycles. The lowest BCUT2D eigenvalue weighted by atomic mass is 9.50. The van der Waals surface area contributed by atoms with Crippen molar-refractivity contribution < 1.29 is 14.4 Å². The van der Waals surface area contributed by atoms with E-state index in [-0.39, 0.29) is 47.9 Å². The molecule has 1 aliphatic heterocycles. The molecular weight excluding hydrogens is 412 g/mol. The Labute approximate surface area is 186 Å². The number of hydrogen-bond acceptors (Lipinski definition) is 6. The molecule has 8 heteroatoms. The fourth-order valence-corrected chi connectivity index (χ4v) is 8.68. The predicted octanol–water partition coefficient (Wildman–Crippen LogP) is 3.51. The van der Waals surface area contributed by atoms with E-state index < -0.39 is 0 Å². The molecule has 2 atom stereocenters. The standard InChI is InChI=1S/C23H30N4O3S/c28-18(5-6-27-19(29)16-3-1-2-4-17(16)20(27)30)24-22-26-25-21(31-22)23-10-13-7-14(11-23)9-15(8-13)12-23/h13-17H,1-12H2,(H,24,26,28). The zero-order chi connectivity index (χ0) is 21.2. The summed E-state index contributed by atoms with van der Waals surface area (Å²) in [5.74, 6) is 1.84. The van der Waals surface area contributed by atoms with Crippen molar-refractivity contribution in [2.24, 2.45) is 29.6 Å². The fraction of sp³-hybridized carbons (Fsp3) is 0.783. The summed E-state index contributed by atoms with van der Waals surface area (Å²) in [4.78, 5) is 39.0. The van der Waals surface area contributed by atoms with Gasteiger partial charge in [-0.1, -0.05) is 24.2 Å². The summed E-state index contributed by atoms with van der Waals surface area (Å²) < 4.78 is 0. The number of imide groups is 1. The van der Waals surface area contributed by atoms with Crippen LogP contribution in [0.5, 0.6) is 0 Å². The van der Waals surface area contributed by atoms with Gasteiger partial charge < -0.3 is 5.32 Å². The van der Waals surface area contributed by atoms with E-state index in [1.54, 1.807) is 0 Å². The summed E-state index contributed by atoms with van der Waals surface area (Å²) >= 11 is 1.52. The second-order valence-corrected chi connectivity index (χ2v) is 11.7. The molecular formula is C23H30N4O3S. The first-order chi connectivity index (χ1) is 15.0. The topological polar surface area (TPSA) is 92.3 Å². The highest BCUT2D eigenvalue weighted by molar-refractivity contribution is 7.15. The Morgan fingerprint density at radius 1 is 0.968 bits per heavy atom. The van der Waals surface area contributed by atoms with Gasteiger partial charge in [0.25, 0.3) is 0 Å². The van der Waals surface area contributed by atoms with Crippen LogP contribution >= 0.6 is 11.3 Å². The summed E-state index contributed by atoms with van der Waals surface area (Å²) in [6.07, 6.45) is 11.6. The highest BCUT2D eigenvalue weighted by Crippen LogP contribution is 2.61. The van der Waals surface area contributed by atoms with Gasteiger partial charge in [0, 0.05) is 18.4 Å². The van der Waals surface area contributed by atoms with Crippen LogP contribution in [0.1, 0.15) is 75.6 Å². The molecule has 0 spiro atoms. The molecule has 1 aromatic rings. The SMILES string of the molecule is O=C(CCN1C(=O)C2CCCCC2C1=O)Nc1nnc(C23CC4CC(CC(C4)C2)C3)s1. The second kappa shape index (κ2) is 7.36. The number of hydrogen-bond donors (Lipinski definition) is 1. The molecule has 0 radical (unpaired) electrons. The normalized spacial score (nSPS) is 38.6. The third-order valence-corrected chi connectivity index (χ3v) is 9.74. The third-order valence-electron chi connectivity index (χ3n) is 8.66. The van der Waals surface area contributed by atoms with Crippen LogP contribution in [0.15, 0.2) is 0 Å². The lowest BCUT2D eigenvalue weighted by molar-refractivity contribution is -0.140. The summed E-state index contributed by atoms with van der Waals surface area (Å²) in [6.45, 7) is 0.164. The van der Waals surface area contributed by atoms with Crippen molar-refractivity contribution in [3.8, 4) is 0 Å². The van der Waals surface area contributed by atoms with Crippen molar-refractivity contribution >= 4 is 34.2 Å². The van der Waals surface area contributed by atoms with Crippen LogP contribution < -0.4 is 5.32 Å². The van der Waals surface area contributed by atoms with Gasteiger partial charge in [0.1, 0.15) is 5.01 Å². The Morgan fingerprint density at radius 2 is 1.55 bits per heavy atom. The summed E-state index contributed by atoms with van der Waals surface area (Å²) in [7, 11) is 0. The Hall–Kier alpha value is -1.83. The van der Waals surface area contributed by atoms with Crippen LogP contribution in [0.25, 0.3) is 0 Å². The maximum atomic E-state index is 12.6. The number of carbonyl (C=O) groups is 3. The molecule has 5 saturated carbocycles. The van der Waals surface area contributed by atoms with Gasteiger partial charge in [0.2, 0.25) is 22.9 Å². The van der Waals surface area contributed by atoms with Crippen LogP contribution in [0.4, 0.5) is 5.13 Å². The maximum absolute atomic E-state index is 12.6. The Kier molecular flexibility index (Phi) is 4.70. The van der Waals surface area contributed by atoms with Gasteiger partial charge in [-0.2, -0.15) is 0 Å². The van der Waals surface area contributed by atoms with Gasteiger partial charge in [0.05, 0.1) is 11.8 Å². The summed E-state index contributed by atoms with van der Waals surface area (Å²) in [5, 5.41) is 13.3. The number of amides is 3. The summed E-state index contributed by atoms with van der Waals surface area (Å²) in [6, 6.07) is 0. The Balaban J connectivity index is 1.07. The molecule has 7 nitrogen and oxygen atoms in total. The van der Waals surface area contributed by atoms with Crippen molar-refractivity contribution in [2.75, 3.05) is 11.9 Å². The highest BCUT2D eigenvalue weighted by atomic mass is 32.1. The first-order valence-electron chi connectivity index (χ1n) is 12.0. The number of likely N-dealkylation sites (tertiary alicyclic amines) is 1. The van der Waals surface area contributed by atoms with E-state index in [1.165, 1.54) is 54.8 Å². The van der Waals surface area contributed by atoms with Gasteiger partial charge in [-0.3, -0.25) is 19.3 Å². The van der Waals surface area contributed by atoms with Crippen molar-refractivity contribution in [2.45, 2.75) is 76.0 Å². The van der Waals surface area contributed by atoms with Gasteiger partial charge in [-0.15, -0.1) is 10.2 Å². The molecule has 166 valence electrons. The summed E-state index contributed by atoms with van der Waals surface area (Å²) in [5.41, 5.74) is 0.181. The van der Waals surface area contributed by atoms with Crippen LogP contribution in [0.3, 0.4) is 0 Å². The van der Waals surface area contributed by atoms with Crippen LogP contribution in [0.2, 0.25) is 0 Å². The molecule has 1 saturated heterocycles. The number of rotatable bonds is 5. The minimum atomic E-state index is -0.205. The first-order valence-corrected chi connectivity index (χ1v) is 12.8. The van der Waals surface area contributed by atoms with E-state index in [9.17, 15) is 14.4 Å². The van der Waals surface area contributed by atoms with E-state index in [0.717, 1.165) is 48.4 Å². The zero-order valence-electron chi connectivity index (χ0n) is 17.8. The van der Waals surface area contributed by atoms with Crippen LogP contribution in [-0.2, 0) is 19.8 Å². The highest BCUT2D eigenvalue weighted by Gasteiger charge is 2.53. The number of fused-ring (bicyclic) bond motifs is 1. The largest absolute Gasteiger partial charge is 0.300 e. The third kappa shape index (κ3) is 3.33. The number of nitrogens with one attached hydrogen (secondary N) is 1. The lowest BCUT2D eigenvalue weighted by Gasteiger charge is -2.55. The van der Waals surface area contributed by atoms with Crippen molar-refractivity contribution in [3.63, 3.8) is 0 Å². The lowest BCUT2D eigenvalue weighted by Crippen LogP contribution is -2.48. The van der Waals surface area contributed by atoms with Crippen molar-refractivity contribution in [3.05, 3.63) is 5.01 Å². The first kappa shape index (κ1) is 19.8. The Bertz CT molecular complexity index is 868. The van der Waals surface area contributed by atoms with Crippen molar-refractivity contribution in [1.29, 1.82) is 0 Å². The van der Waals surface area contributed by atoms with Gasteiger partial charge in [-0.25, -0.2) is 0 Å². The predicted molar refractivity (Wildman–Crippen MR) is 115 cm³/mol. The van der Waals surface area contributed by atoms with Crippen LogP contribution in [0, 0.1) is 29.6 Å². The maximum Gasteiger partial charge on any atom is 0.233 e. The smallest absolute Gasteiger partial charge is 0.233 e. The van der Waals surface area contributed by atoms with Gasteiger partial charge in [-0.05, 0) is 69.1 Å². The number of anilines is 1. The van der Waals surface area contributed by atoms with E-state index in [0.29, 0.717) is 5.13 Å². The fourth-order valence-electron chi connectivity index (χ4n) is 7.71. The molecule has 4 bridgehead atoms. The number of carbonyl (C=O) groups excluding carboxylic acids is 3. The van der Waals surface area contributed by atoms with Gasteiger partial charge in [0.15, 0.2) is 0 Å². The molecule has 2 heterocycles. The molecule has 0 aromatic carbocycles. The minimum absolute atomic E-state index is 0.0810. The molecule has 7 rings (SSSR count). The quantitative estimate of drug-likeness (QED) is 0.705. The minimum Gasteiger partial charge on any atom is -0.300 e. The zero-order valence-corrected chi connectivity index (χ0v) is 18.7. The average molecular weight is 443 g/mol. The van der Waals surface area contributed by atoms with Gasteiger partial charge >= 0.3 is 0 Å². The van der Waals surface area contributed by atoms with E-state index >= 15 is 0 Å². The van der Waals surface area contributed by atoms with Crippen molar-refractivity contribution in [1.82, 2.24) is 15.1 Å². The monoisotopic (exact) mass is 442 g/mol. The molecule has 6 aliphatic rings. The molecule has 1 N–H and O–H groups in total. The molecule has 2 unspecified atom stereocenters.